The van der Waals surface area contributed by atoms with Gasteiger partial charge in [-0.3, -0.25) is 4.79 Å². The van der Waals surface area contributed by atoms with Gasteiger partial charge in [0.2, 0.25) is 5.91 Å². The van der Waals surface area contributed by atoms with E-state index in [1.807, 2.05) is 42.6 Å². The molecule has 2 aromatic rings. The second-order valence-electron chi connectivity index (χ2n) is 4.39. The maximum atomic E-state index is 11.7. The van der Waals surface area contributed by atoms with Crippen molar-refractivity contribution in [3.8, 4) is 5.75 Å². The molecule has 0 atom stereocenters. The first kappa shape index (κ1) is 14.9. The van der Waals surface area contributed by atoms with E-state index in [1.54, 1.807) is 11.3 Å². The van der Waals surface area contributed by atoms with E-state index in [2.05, 4.69) is 5.32 Å². The molecule has 1 aromatic carbocycles. The summed E-state index contributed by atoms with van der Waals surface area (Å²) in [4.78, 5) is 12.7. The Morgan fingerprint density at radius 1 is 1.40 bits per heavy atom. The number of hydrogen-bond donors (Lipinski definition) is 1. The molecule has 5 heteroatoms. The average molecular weight is 310 g/mol. The highest BCUT2D eigenvalue weighted by Crippen LogP contribution is 2.24. The molecule has 1 aromatic heterocycles. The summed E-state index contributed by atoms with van der Waals surface area (Å²) in [6.07, 6.45) is 0.420. The quantitative estimate of drug-likeness (QED) is 0.830. The van der Waals surface area contributed by atoms with Crippen molar-refractivity contribution in [2.45, 2.75) is 13.3 Å². The van der Waals surface area contributed by atoms with E-state index < -0.39 is 0 Å². The van der Waals surface area contributed by atoms with Gasteiger partial charge in [0.25, 0.3) is 0 Å². The molecule has 2 rings (SSSR count). The van der Waals surface area contributed by atoms with Crippen LogP contribution in [0.1, 0.15) is 10.4 Å². The lowest BCUT2D eigenvalue weighted by atomic mass is 10.2. The van der Waals surface area contributed by atoms with Gasteiger partial charge in [-0.05, 0) is 36.1 Å². The molecule has 20 heavy (non-hydrogen) atoms. The Balaban J connectivity index is 1.71. The van der Waals surface area contributed by atoms with Gasteiger partial charge in [0.1, 0.15) is 12.4 Å². The molecule has 0 fully saturated rings. The van der Waals surface area contributed by atoms with E-state index in [0.717, 1.165) is 10.4 Å². The SMILES string of the molecule is Cc1ccc(Cl)c(OCCNC(=O)Cc2cccs2)c1. The van der Waals surface area contributed by atoms with Crippen LogP contribution in [0.4, 0.5) is 0 Å². The van der Waals surface area contributed by atoms with Crippen LogP contribution in [0.2, 0.25) is 5.02 Å². The van der Waals surface area contributed by atoms with Gasteiger partial charge in [0.05, 0.1) is 18.0 Å². The van der Waals surface area contributed by atoms with Crippen LogP contribution in [0, 0.1) is 6.92 Å². The summed E-state index contributed by atoms with van der Waals surface area (Å²) in [6.45, 7) is 2.85. The van der Waals surface area contributed by atoms with Crippen LogP contribution in [0.5, 0.6) is 5.75 Å². The van der Waals surface area contributed by atoms with Crippen molar-refractivity contribution in [1.82, 2.24) is 5.32 Å². The monoisotopic (exact) mass is 309 g/mol. The van der Waals surface area contributed by atoms with Gasteiger partial charge in [0, 0.05) is 4.88 Å². The maximum absolute atomic E-state index is 11.7. The lowest BCUT2D eigenvalue weighted by molar-refractivity contribution is -0.120. The maximum Gasteiger partial charge on any atom is 0.225 e. The van der Waals surface area contributed by atoms with Gasteiger partial charge in [-0.15, -0.1) is 11.3 Å². The molecule has 1 amide bonds. The summed E-state index contributed by atoms with van der Waals surface area (Å²) in [7, 11) is 0. The third-order valence-electron chi connectivity index (χ3n) is 2.68. The van der Waals surface area contributed by atoms with Gasteiger partial charge in [-0.25, -0.2) is 0 Å². The fourth-order valence-electron chi connectivity index (χ4n) is 1.71. The van der Waals surface area contributed by atoms with Gasteiger partial charge in [0.15, 0.2) is 0 Å². The molecule has 0 radical (unpaired) electrons. The zero-order chi connectivity index (χ0) is 14.4. The Bertz CT molecular complexity index is 569. The van der Waals surface area contributed by atoms with Crippen molar-refractivity contribution in [2.24, 2.45) is 0 Å². The number of carbonyl (C=O) groups excluding carboxylic acids is 1. The van der Waals surface area contributed by atoms with Gasteiger partial charge in [-0.1, -0.05) is 23.7 Å². The van der Waals surface area contributed by atoms with E-state index in [4.69, 9.17) is 16.3 Å². The lowest BCUT2D eigenvalue weighted by Crippen LogP contribution is -2.29. The third-order valence-corrected chi connectivity index (χ3v) is 3.87. The number of thiophene rings is 1. The Morgan fingerprint density at radius 3 is 3.00 bits per heavy atom. The number of amides is 1. The molecule has 0 aliphatic rings. The Morgan fingerprint density at radius 2 is 2.25 bits per heavy atom. The van der Waals surface area contributed by atoms with E-state index in [0.29, 0.717) is 30.3 Å². The molecule has 0 unspecified atom stereocenters. The van der Waals surface area contributed by atoms with Crippen molar-refractivity contribution in [3.05, 3.63) is 51.2 Å². The van der Waals surface area contributed by atoms with Crippen LogP contribution >= 0.6 is 22.9 Å². The van der Waals surface area contributed by atoms with Crippen LogP contribution in [0.25, 0.3) is 0 Å². The summed E-state index contributed by atoms with van der Waals surface area (Å²) >= 11 is 7.60. The summed E-state index contributed by atoms with van der Waals surface area (Å²) in [5, 5.41) is 5.37. The second-order valence-corrected chi connectivity index (χ2v) is 5.83. The molecule has 3 nitrogen and oxygen atoms in total. The van der Waals surface area contributed by atoms with Crippen LogP contribution < -0.4 is 10.1 Å². The highest BCUT2D eigenvalue weighted by atomic mass is 35.5. The normalized spacial score (nSPS) is 10.3. The van der Waals surface area contributed by atoms with Gasteiger partial charge >= 0.3 is 0 Å². The molecule has 0 aliphatic heterocycles. The number of benzene rings is 1. The average Bonchev–Trinajstić information content (AvgIpc) is 2.91. The van der Waals surface area contributed by atoms with E-state index in [1.165, 1.54) is 0 Å². The van der Waals surface area contributed by atoms with Gasteiger partial charge < -0.3 is 10.1 Å². The minimum Gasteiger partial charge on any atom is -0.490 e. The fourth-order valence-corrected chi connectivity index (χ4v) is 2.58. The number of hydrogen-bond acceptors (Lipinski definition) is 3. The molecule has 0 aliphatic carbocycles. The van der Waals surface area contributed by atoms with Gasteiger partial charge in [-0.2, -0.15) is 0 Å². The first-order chi connectivity index (χ1) is 9.65. The zero-order valence-electron chi connectivity index (χ0n) is 11.2. The fraction of sp³-hybridized carbons (Fsp3) is 0.267. The molecular formula is C15H16ClNO2S. The molecule has 0 saturated carbocycles. The third kappa shape index (κ3) is 4.54. The Labute approximate surface area is 127 Å². The molecule has 0 spiro atoms. The zero-order valence-corrected chi connectivity index (χ0v) is 12.8. The van der Waals surface area contributed by atoms with E-state index in [9.17, 15) is 4.79 Å². The van der Waals surface area contributed by atoms with Crippen molar-refractivity contribution in [2.75, 3.05) is 13.2 Å². The summed E-state index contributed by atoms with van der Waals surface area (Å²) in [5.74, 6) is 0.658. The molecule has 0 saturated heterocycles. The number of aryl methyl sites for hydroxylation is 1. The first-order valence-electron chi connectivity index (χ1n) is 6.33. The van der Waals surface area contributed by atoms with Crippen LogP contribution in [0.3, 0.4) is 0 Å². The summed E-state index contributed by atoms with van der Waals surface area (Å²) in [6, 6.07) is 9.51. The minimum absolute atomic E-state index is 0.00592. The topological polar surface area (TPSA) is 38.3 Å². The lowest BCUT2D eigenvalue weighted by Gasteiger charge is -2.09. The smallest absolute Gasteiger partial charge is 0.225 e. The molecular weight excluding hydrogens is 294 g/mol. The number of carbonyl (C=O) groups is 1. The largest absolute Gasteiger partial charge is 0.490 e. The van der Waals surface area contributed by atoms with Crippen LogP contribution in [-0.4, -0.2) is 19.1 Å². The summed E-state index contributed by atoms with van der Waals surface area (Å²) < 4.78 is 5.56. The van der Waals surface area contributed by atoms with Crippen LogP contribution in [-0.2, 0) is 11.2 Å². The highest BCUT2D eigenvalue weighted by Gasteiger charge is 2.04. The first-order valence-corrected chi connectivity index (χ1v) is 7.59. The predicted octanol–water partition coefficient (Wildman–Crippen LogP) is 3.45. The van der Waals surface area contributed by atoms with Crippen molar-refractivity contribution in [1.29, 1.82) is 0 Å². The Hall–Kier alpha value is -1.52. The molecule has 106 valence electrons. The van der Waals surface area contributed by atoms with Crippen molar-refractivity contribution in [3.63, 3.8) is 0 Å². The number of ether oxygens (including phenoxy) is 1. The number of nitrogens with one attached hydrogen (secondary N) is 1. The summed E-state index contributed by atoms with van der Waals surface area (Å²) in [5.41, 5.74) is 1.09. The second kappa shape index (κ2) is 7.31. The number of rotatable bonds is 6. The van der Waals surface area contributed by atoms with Crippen molar-refractivity contribution < 1.29 is 9.53 Å². The molecule has 1 heterocycles. The number of halogens is 1. The highest BCUT2D eigenvalue weighted by molar-refractivity contribution is 7.10. The Kier molecular flexibility index (Phi) is 5.44. The standard InChI is InChI=1S/C15H16ClNO2S/c1-11-4-5-13(16)14(9-11)19-7-6-17-15(18)10-12-3-2-8-20-12/h2-5,8-9H,6-7,10H2,1H3,(H,17,18). The van der Waals surface area contributed by atoms with E-state index in [-0.39, 0.29) is 5.91 Å². The van der Waals surface area contributed by atoms with Crippen LogP contribution in [0.15, 0.2) is 35.7 Å². The molecule has 1 N–H and O–H groups in total. The van der Waals surface area contributed by atoms with E-state index >= 15 is 0 Å². The van der Waals surface area contributed by atoms with Crippen molar-refractivity contribution >= 4 is 28.8 Å². The predicted molar refractivity (Wildman–Crippen MR) is 82.7 cm³/mol. The minimum atomic E-state index is 0.00592. The molecule has 0 bridgehead atoms.